The molecule has 1 heterocycles. The lowest BCUT2D eigenvalue weighted by Gasteiger charge is -2.18. The fraction of sp³-hybridized carbons (Fsp3) is 0.556. The van der Waals surface area contributed by atoms with Crippen LogP contribution in [0.1, 0.15) is 13.3 Å². The first-order chi connectivity index (χ1) is 6.07. The number of allylic oxidation sites excluding steroid dienone is 1. The van der Waals surface area contributed by atoms with E-state index in [9.17, 15) is 9.59 Å². The molecule has 1 amide bonds. The minimum absolute atomic E-state index is 0.101. The Kier molecular flexibility index (Phi) is 2.70. The van der Waals surface area contributed by atoms with Gasteiger partial charge in [0.05, 0.1) is 12.0 Å². The number of amides is 1. The van der Waals surface area contributed by atoms with Crippen LogP contribution in [-0.2, 0) is 9.59 Å². The number of hydrogen-bond acceptors (Lipinski definition) is 2. The maximum Gasteiger partial charge on any atom is 0.309 e. The van der Waals surface area contributed by atoms with Gasteiger partial charge in [-0.15, -0.1) is 0 Å². The summed E-state index contributed by atoms with van der Waals surface area (Å²) in [5, 5.41) is 8.83. The van der Waals surface area contributed by atoms with E-state index < -0.39 is 11.9 Å². The predicted molar refractivity (Wildman–Crippen MR) is 47.1 cm³/mol. The van der Waals surface area contributed by atoms with Gasteiger partial charge in [-0.25, -0.2) is 0 Å². The Morgan fingerprint density at radius 3 is 2.77 bits per heavy atom. The van der Waals surface area contributed by atoms with Crippen molar-refractivity contribution in [3.05, 3.63) is 12.2 Å². The Balaban J connectivity index is 2.86. The third-order valence-electron chi connectivity index (χ3n) is 2.35. The molecule has 2 atom stereocenters. The van der Waals surface area contributed by atoms with Crippen LogP contribution < -0.4 is 0 Å². The first-order valence-electron chi connectivity index (χ1n) is 4.19. The Morgan fingerprint density at radius 2 is 2.31 bits per heavy atom. The first kappa shape index (κ1) is 9.77. The van der Waals surface area contributed by atoms with Gasteiger partial charge < -0.3 is 10.0 Å². The molecule has 0 aromatic rings. The SMILES string of the molecule is C/C=C/C1C(C(=O)O)CC(=O)N1C. The minimum Gasteiger partial charge on any atom is -0.481 e. The summed E-state index contributed by atoms with van der Waals surface area (Å²) in [6, 6.07) is -0.282. The Labute approximate surface area is 76.8 Å². The van der Waals surface area contributed by atoms with Gasteiger partial charge in [-0.2, -0.15) is 0 Å². The molecule has 1 fully saturated rings. The summed E-state index contributed by atoms with van der Waals surface area (Å²) in [5.74, 6) is -1.59. The van der Waals surface area contributed by atoms with E-state index in [0.29, 0.717) is 0 Å². The molecule has 1 aliphatic rings. The monoisotopic (exact) mass is 183 g/mol. The average molecular weight is 183 g/mol. The van der Waals surface area contributed by atoms with E-state index in [1.807, 2.05) is 6.92 Å². The number of rotatable bonds is 2. The lowest BCUT2D eigenvalue weighted by molar-refractivity contribution is -0.142. The highest BCUT2D eigenvalue weighted by Gasteiger charge is 2.40. The second-order valence-corrected chi connectivity index (χ2v) is 3.17. The Hall–Kier alpha value is -1.32. The molecular weight excluding hydrogens is 170 g/mol. The van der Waals surface area contributed by atoms with Crippen LogP contribution in [0.5, 0.6) is 0 Å². The Bertz CT molecular complexity index is 260. The van der Waals surface area contributed by atoms with Crippen LogP contribution in [-0.4, -0.2) is 35.0 Å². The van der Waals surface area contributed by atoms with Crippen molar-refractivity contribution in [1.29, 1.82) is 0 Å². The lowest BCUT2D eigenvalue weighted by Crippen LogP contribution is -2.32. The van der Waals surface area contributed by atoms with Crippen LogP contribution in [0.4, 0.5) is 0 Å². The van der Waals surface area contributed by atoms with Crippen LogP contribution in [0.3, 0.4) is 0 Å². The topological polar surface area (TPSA) is 57.6 Å². The number of hydrogen-bond donors (Lipinski definition) is 1. The van der Waals surface area contributed by atoms with Gasteiger partial charge in [-0.1, -0.05) is 12.2 Å². The second kappa shape index (κ2) is 3.60. The number of aliphatic carboxylic acids is 1. The second-order valence-electron chi connectivity index (χ2n) is 3.17. The quantitative estimate of drug-likeness (QED) is 0.634. The molecule has 0 aromatic heterocycles. The molecule has 2 unspecified atom stereocenters. The number of likely N-dealkylation sites (tertiary alicyclic amines) is 1. The van der Waals surface area contributed by atoms with Gasteiger partial charge in [0.1, 0.15) is 0 Å². The van der Waals surface area contributed by atoms with Crippen molar-refractivity contribution in [1.82, 2.24) is 4.90 Å². The number of carboxylic acids is 1. The van der Waals surface area contributed by atoms with Gasteiger partial charge >= 0.3 is 5.97 Å². The zero-order valence-electron chi connectivity index (χ0n) is 7.73. The van der Waals surface area contributed by atoms with Crippen molar-refractivity contribution in [3.8, 4) is 0 Å². The summed E-state index contributed by atoms with van der Waals surface area (Å²) in [4.78, 5) is 23.5. The third kappa shape index (κ3) is 1.71. The van der Waals surface area contributed by atoms with E-state index in [-0.39, 0.29) is 18.4 Å². The van der Waals surface area contributed by atoms with Crippen molar-refractivity contribution < 1.29 is 14.7 Å². The fourth-order valence-electron chi connectivity index (χ4n) is 1.58. The standard InChI is InChI=1S/C9H13NO3/c1-3-4-7-6(9(12)13)5-8(11)10(7)2/h3-4,6-7H,5H2,1-2H3,(H,12,13)/b4-3+. The minimum atomic E-state index is -0.902. The molecule has 0 bridgehead atoms. The van der Waals surface area contributed by atoms with Crippen LogP contribution in [0, 0.1) is 5.92 Å². The predicted octanol–water partition coefficient (Wildman–Crippen LogP) is 0.494. The number of likely N-dealkylation sites (N-methyl/N-ethyl adjacent to an activating group) is 1. The summed E-state index contributed by atoms with van der Waals surface area (Å²) < 4.78 is 0. The number of nitrogens with zero attached hydrogens (tertiary/aromatic N) is 1. The molecule has 0 radical (unpaired) electrons. The highest BCUT2D eigenvalue weighted by Crippen LogP contribution is 2.25. The molecule has 4 heteroatoms. The van der Waals surface area contributed by atoms with E-state index in [1.54, 1.807) is 19.2 Å². The summed E-state index contributed by atoms with van der Waals surface area (Å²) in [6.45, 7) is 1.82. The van der Waals surface area contributed by atoms with Gasteiger partial charge in [0.25, 0.3) is 0 Å². The van der Waals surface area contributed by atoms with Crippen LogP contribution in [0.2, 0.25) is 0 Å². The molecule has 0 aromatic carbocycles. The molecule has 1 N–H and O–H groups in total. The van der Waals surface area contributed by atoms with E-state index in [1.165, 1.54) is 4.90 Å². The van der Waals surface area contributed by atoms with Gasteiger partial charge in [-0.05, 0) is 6.92 Å². The molecule has 1 saturated heterocycles. The van der Waals surface area contributed by atoms with Crippen LogP contribution in [0.25, 0.3) is 0 Å². The number of carbonyl (C=O) groups excluding carboxylic acids is 1. The van der Waals surface area contributed by atoms with Gasteiger partial charge in [0.2, 0.25) is 5.91 Å². The molecule has 0 aliphatic carbocycles. The highest BCUT2D eigenvalue weighted by molar-refractivity contribution is 5.87. The summed E-state index contributed by atoms with van der Waals surface area (Å²) in [5.41, 5.74) is 0. The van der Waals surface area contributed by atoms with E-state index >= 15 is 0 Å². The maximum atomic E-state index is 11.2. The number of carbonyl (C=O) groups is 2. The van der Waals surface area contributed by atoms with Gasteiger partial charge in [-0.3, -0.25) is 9.59 Å². The largest absolute Gasteiger partial charge is 0.481 e. The fourth-order valence-corrected chi connectivity index (χ4v) is 1.58. The molecule has 1 rings (SSSR count). The van der Waals surface area contributed by atoms with Crippen molar-refractivity contribution in [2.75, 3.05) is 7.05 Å². The summed E-state index contributed by atoms with van der Waals surface area (Å²) >= 11 is 0. The zero-order valence-corrected chi connectivity index (χ0v) is 7.73. The summed E-state index contributed by atoms with van der Waals surface area (Å²) in [7, 11) is 1.63. The highest BCUT2D eigenvalue weighted by atomic mass is 16.4. The smallest absolute Gasteiger partial charge is 0.309 e. The van der Waals surface area contributed by atoms with Gasteiger partial charge in [0.15, 0.2) is 0 Å². The van der Waals surface area contributed by atoms with E-state index in [0.717, 1.165) is 0 Å². The number of carboxylic acid groups (broad SMARTS) is 1. The lowest BCUT2D eigenvalue weighted by atomic mass is 10.0. The summed E-state index contributed by atoms with van der Waals surface area (Å²) in [6.07, 6.45) is 3.64. The van der Waals surface area contributed by atoms with E-state index in [2.05, 4.69) is 0 Å². The molecule has 0 spiro atoms. The normalized spacial score (nSPS) is 28.8. The Morgan fingerprint density at radius 1 is 1.69 bits per heavy atom. The van der Waals surface area contributed by atoms with Crippen molar-refractivity contribution >= 4 is 11.9 Å². The van der Waals surface area contributed by atoms with Crippen LogP contribution >= 0.6 is 0 Å². The average Bonchev–Trinajstić information content (AvgIpc) is 2.33. The van der Waals surface area contributed by atoms with Crippen LogP contribution in [0.15, 0.2) is 12.2 Å². The third-order valence-corrected chi connectivity index (χ3v) is 2.35. The zero-order chi connectivity index (χ0) is 10.0. The molecular formula is C9H13NO3. The molecule has 0 saturated carbocycles. The molecule has 1 aliphatic heterocycles. The molecule has 4 nitrogen and oxygen atoms in total. The van der Waals surface area contributed by atoms with Gasteiger partial charge in [0, 0.05) is 13.5 Å². The molecule has 72 valence electrons. The van der Waals surface area contributed by atoms with E-state index in [4.69, 9.17) is 5.11 Å². The first-order valence-corrected chi connectivity index (χ1v) is 4.19. The molecule has 13 heavy (non-hydrogen) atoms. The maximum absolute atomic E-state index is 11.2. The van der Waals surface area contributed by atoms with Crippen molar-refractivity contribution in [2.45, 2.75) is 19.4 Å². The van der Waals surface area contributed by atoms with Crippen molar-refractivity contribution in [3.63, 3.8) is 0 Å². The van der Waals surface area contributed by atoms with Crippen molar-refractivity contribution in [2.24, 2.45) is 5.92 Å².